The lowest BCUT2D eigenvalue weighted by atomic mass is 9.58. The van der Waals surface area contributed by atoms with E-state index in [0.29, 0.717) is 11.8 Å². The quantitative estimate of drug-likeness (QED) is 0.574. The number of hydrogen-bond donors (Lipinski definition) is 1. The van der Waals surface area contributed by atoms with Crippen LogP contribution in [0.2, 0.25) is 0 Å². The Morgan fingerprint density at radius 1 is 1.23 bits per heavy atom. The number of piperidine rings is 3. The highest BCUT2D eigenvalue weighted by molar-refractivity contribution is 5.20. The average Bonchev–Trinajstić information content (AvgIpc) is 2.13. The maximum atomic E-state index is 9.16. The summed E-state index contributed by atoms with van der Waals surface area (Å²) in [4.78, 5) is 2.50. The molecule has 1 saturated carbocycles. The van der Waals surface area contributed by atoms with Crippen molar-refractivity contribution in [2.75, 3.05) is 19.6 Å². The van der Waals surface area contributed by atoms with Gasteiger partial charge in [0.2, 0.25) is 0 Å². The maximum Gasteiger partial charge on any atom is 0.112 e. The zero-order valence-electron chi connectivity index (χ0n) is 7.74. The van der Waals surface area contributed by atoms with Crippen molar-refractivity contribution < 1.29 is 0 Å². The third-order valence-corrected chi connectivity index (χ3v) is 4.25. The molecule has 1 aliphatic carbocycles. The maximum absolute atomic E-state index is 9.16. The van der Waals surface area contributed by atoms with Gasteiger partial charge in [-0.25, -0.2) is 0 Å². The van der Waals surface area contributed by atoms with Crippen LogP contribution in [0.5, 0.6) is 0 Å². The Labute approximate surface area is 78.5 Å². The molecule has 3 unspecified atom stereocenters. The van der Waals surface area contributed by atoms with Crippen molar-refractivity contribution >= 4 is 0 Å². The largest absolute Gasteiger partial charge is 0.313 e. The summed E-state index contributed by atoms with van der Waals surface area (Å²) in [5, 5.41) is 9.16. The molecule has 3 nitrogen and oxygen atoms in total. The van der Waals surface area contributed by atoms with E-state index in [1.54, 1.807) is 0 Å². The molecule has 4 fully saturated rings. The van der Waals surface area contributed by atoms with E-state index in [1.165, 1.54) is 19.4 Å². The number of rotatable bonds is 0. The molecule has 4 bridgehead atoms. The van der Waals surface area contributed by atoms with Crippen LogP contribution in [0, 0.1) is 29.1 Å². The predicted molar refractivity (Wildman–Crippen MR) is 48.7 cm³/mol. The first-order valence-electron chi connectivity index (χ1n) is 5.15. The predicted octanol–water partition coefficient (Wildman–Crippen LogP) is 0.179. The van der Waals surface area contributed by atoms with Crippen LogP contribution in [0.15, 0.2) is 0 Å². The van der Waals surface area contributed by atoms with Crippen molar-refractivity contribution in [2.45, 2.75) is 18.4 Å². The number of nitrogens with zero attached hydrogens (tertiary/aromatic N) is 2. The third kappa shape index (κ3) is 0.853. The molecule has 3 saturated heterocycles. The normalized spacial score (nSPS) is 57.8. The molecule has 3 heteroatoms. The van der Waals surface area contributed by atoms with Gasteiger partial charge in [0, 0.05) is 31.5 Å². The lowest BCUT2D eigenvalue weighted by Crippen LogP contribution is -2.69. The molecule has 4 rings (SSSR count). The van der Waals surface area contributed by atoms with Crippen LogP contribution in [0.4, 0.5) is 0 Å². The summed E-state index contributed by atoms with van der Waals surface area (Å²) in [6, 6.07) is 2.37. The van der Waals surface area contributed by atoms with Crippen molar-refractivity contribution in [3.8, 4) is 6.07 Å². The lowest BCUT2D eigenvalue weighted by Gasteiger charge is -2.58. The van der Waals surface area contributed by atoms with Crippen molar-refractivity contribution in [3.05, 3.63) is 0 Å². The molecule has 2 N–H and O–H groups in total. The molecule has 0 aromatic rings. The molecule has 0 amide bonds. The Bertz CT molecular complexity index is 250. The van der Waals surface area contributed by atoms with E-state index >= 15 is 0 Å². The zero-order valence-corrected chi connectivity index (χ0v) is 7.74. The molecule has 0 spiro atoms. The van der Waals surface area contributed by atoms with Gasteiger partial charge in [0.05, 0.1) is 6.07 Å². The minimum atomic E-state index is -0.493. The molecule has 0 aromatic heterocycles. The fourth-order valence-corrected chi connectivity index (χ4v) is 3.62. The van der Waals surface area contributed by atoms with E-state index in [-0.39, 0.29) is 0 Å². The topological polar surface area (TPSA) is 53.1 Å². The Morgan fingerprint density at radius 3 is 2.31 bits per heavy atom. The van der Waals surface area contributed by atoms with E-state index in [1.807, 2.05) is 0 Å². The SMILES string of the molecule is N#CC1(N)[C@@H]2CC3C[C@H]1CN(C3)C2. The van der Waals surface area contributed by atoms with Crippen LogP contribution in [-0.2, 0) is 0 Å². The van der Waals surface area contributed by atoms with Gasteiger partial charge in [0.25, 0.3) is 0 Å². The van der Waals surface area contributed by atoms with E-state index in [4.69, 9.17) is 11.0 Å². The van der Waals surface area contributed by atoms with Crippen molar-refractivity contribution in [3.63, 3.8) is 0 Å². The number of nitrogens with two attached hydrogens (primary N) is 1. The molecular weight excluding hydrogens is 162 g/mol. The van der Waals surface area contributed by atoms with Crippen LogP contribution in [-0.4, -0.2) is 30.1 Å². The summed E-state index contributed by atoms with van der Waals surface area (Å²) in [6.45, 7) is 3.39. The molecule has 3 heterocycles. The minimum Gasteiger partial charge on any atom is -0.313 e. The van der Waals surface area contributed by atoms with Gasteiger partial charge in [-0.05, 0) is 18.8 Å². The Morgan fingerprint density at radius 2 is 1.85 bits per heavy atom. The smallest absolute Gasteiger partial charge is 0.112 e. The fraction of sp³-hybridized carbons (Fsp3) is 0.900. The van der Waals surface area contributed by atoms with Gasteiger partial charge in [0.15, 0.2) is 0 Å². The molecule has 70 valence electrons. The van der Waals surface area contributed by atoms with Crippen LogP contribution >= 0.6 is 0 Å². The van der Waals surface area contributed by atoms with E-state index in [9.17, 15) is 0 Å². The molecule has 0 radical (unpaired) electrons. The van der Waals surface area contributed by atoms with Gasteiger partial charge < -0.3 is 10.6 Å². The highest BCUT2D eigenvalue weighted by Gasteiger charge is 2.55. The van der Waals surface area contributed by atoms with Crippen molar-refractivity contribution in [2.24, 2.45) is 23.5 Å². The summed E-state index contributed by atoms with van der Waals surface area (Å²) < 4.78 is 0. The summed E-state index contributed by atoms with van der Waals surface area (Å²) in [6.07, 6.45) is 2.38. The van der Waals surface area contributed by atoms with Crippen LogP contribution in [0.1, 0.15) is 12.8 Å². The van der Waals surface area contributed by atoms with Crippen molar-refractivity contribution in [1.82, 2.24) is 4.90 Å². The lowest BCUT2D eigenvalue weighted by molar-refractivity contribution is -0.0581. The third-order valence-electron chi connectivity index (χ3n) is 4.25. The summed E-state index contributed by atoms with van der Waals surface area (Å²) in [5.41, 5.74) is 5.71. The van der Waals surface area contributed by atoms with Gasteiger partial charge >= 0.3 is 0 Å². The molecule has 13 heavy (non-hydrogen) atoms. The second-order valence-corrected chi connectivity index (χ2v) is 4.99. The van der Waals surface area contributed by atoms with E-state index in [2.05, 4.69) is 11.0 Å². The highest BCUT2D eigenvalue weighted by Crippen LogP contribution is 2.47. The molecule has 4 aliphatic rings. The first-order valence-corrected chi connectivity index (χ1v) is 5.15. The summed E-state index contributed by atoms with van der Waals surface area (Å²) in [7, 11) is 0. The summed E-state index contributed by atoms with van der Waals surface area (Å²) >= 11 is 0. The average molecular weight is 177 g/mol. The monoisotopic (exact) mass is 177 g/mol. The second-order valence-electron chi connectivity index (χ2n) is 4.99. The standard InChI is InChI=1S/C10H15N3/c11-6-10(12)8-1-7-2-9(10)5-13(3-7)4-8/h7-9H,1-5,12H2/t7?,8-,9+,10?. The molecular formula is C10H15N3. The molecule has 3 aliphatic heterocycles. The van der Waals surface area contributed by atoms with Gasteiger partial charge in [-0.3, -0.25) is 0 Å². The minimum absolute atomic E-state index is 0.448. The Kier molecular flexibility index (Phi) is 1.35. The molecule has 0 aromatic carbocycles. The molecule has 5 atom stereocenters. The fourth-order valence-electron chi connectivity index (χ4n) is 3.62. The Hall–Kier alpha value is -0.590. The zero-order chi connectivity index (χ0) is 9.05. The summed E-state index contributed by atoms with van der Waals surface area (Å²) in [5.74, 6) is 1.73. The first-order chi connectivity index (χ1) is 6.22. The van der Waals surface area contributed by atoms with Crippen molar-refractivity contribution in [1.29, 1.82) is 5.26 Å². The number of hydrogen-bond acceptors (Lipinski definition) is 3. The van der Waals surface area contributed by atoms with Crippen LogP contribution in [0.3, 0.4) is 0 Å². The second kappa shape index (κ2) is 2.26. The van der Waals surface area contributed by atoms with Gasteiger partial charge in [0.1, 0.15) is 5.54 Å². The van der Waals surface area contributed by atoms with Crippen LogP contribution in [0.25, 0.3) is 0 Å². The first kappa shape index (κ1) is 7.78. The Balaban J connectivity index is 1.99. The highest BCUT2D eigenvalue weighted by atomic mass is 15.2. The van der Waals surface area contributed by atoms with Gasteiger partial charge in [-0.15, -0.1) is 0 Å². The number of nitriles is 1. The van der Waals surface area contributed by atoms with Gasteiger partial charge in [-0.1, -0.05) is 0 Å². The van der Waals surface area contributed by atoms with E-state index in [0.717, 1.165) is 19.0 Å². The van der Waals surface area contributed by atoms with Crippen LogP contribution < -0.4 is 5.73 Å². The van der Waals surface area contributed by atoms with E-state index < -0.39 is 5.54 Å². The van der Waals surface area contributed by atoms with Gasteiger partial charge in [-0.2, -0.15) is 5.26 Å².